The number of rotatable bonds is 5. The van der Waals surface area contributed by atoms with Gasteiger partial charge in [-0.2, -0.15) is 0 Å². The number of hydrogen-bond donors (Lipinski definition) is 0. The molecule has 0 amide bonds. The van der Waals surface area contributed by atoms with Gasteiger partial charge in [0.2, 0.25) is 0 Å². The van der Waals surface area contributed by atoms with Crippen molar-refractivity contribution in [3.8, 4) is 0 Å². The Kier molecular flexibility index (Phi) is 5.49. The van der Waals surface area contributed by atoms with Crippen LogP contribution in [-0.4, -0.2) is 38.7 Å². The van der Waals surface area contributed by atoms with E-state index in [0.717, 1.165) is 6.54 Å². The average Bonchev–Trinajstić information content (AvgIpc) is 2.00. The van der Waals surface area contributed by atoms with Crippen molar-refractivity contribution < 1.29 is 4.84 Å². The van der Waals surface area contributed by atoms with Gasteiger partial charge in [0, 0.05) is 0 Å². The van der Waals surface area contributed by atoms with Crippen molar-refractivity contribution in [2.75, 3.05) is 20.7 Å². The minimum atomic E-state index is 0.176. The molecule has 0 heterocycles. The van der Waals surface area contributed by atoms with E-state index in [1.165, 1.54) is 0 Å². The molecular formula is C10H22BNO. The Morgan fingerprint density at radius 1 is 1.46 bits per heavy atom. The first-order valence-electron chi connectivity index (χ1n) is 4.82. The molecule has 0 aliphatic rings. The van der Waals surface area contributed by atoms with Gasteiger partial charge >= 0.3 is 82.4 Å². The molecule has 0 unspecified atom stereocenters. The summed E-state index contributed by atoms with van der Waals surface area (Å²) in [5.74, 6) is 2.87. The zero-order chi connectivity index (χ0) is 10.5. The molecule has 0 aromatic heterocycles. The first kappa shape index (κ1) is 12.9. The third-order valence-electron chi connectivity index (χ3n) is 1.87. The Balaban J connectivity index is 4.07. The van der Waals surface area contributed by atoms with E-state index in [2.05, 4.69) is 40.6 Å². The van der Waals surface area contributed by atoms with Gasteiger partial charge in [0.1, 0.15) is 0 Å². The van der Waals surface area contributed by atoms with Crippen LogP contribution in [0.2, 0.25) is 5.82 Å². The molecule has 0 saturated heterocycles. The van der Waals surface area contributed by atoms with Gasteiger partial charge in [0.15, 0.2) is 0 Å². The summed E-state index contributed by atoms with van der Waals surface area (Å²) in [5, 5.41) is 1.85. The van der Waals surface area contributed by atoms with Crippen molar-refractivity contribution >= 4 is 12.9 Å². The maximum atomic E-state index is 5.09. The van der Waals surface area contributed by atoms with Crippen molar-refractivity contribution in [3.63, 3.8) is 0 Å². The van der Waals surface area contributed by atoms with Gasteiger partial charge in [-0.05, 0) is 0 Å². The molecule has 76 valence electrons. The van der Waals surface area contributed by atoms with Crippen molar-refractivity contribution in [2.24, 2.45) is 5.41 Å². The third-order valence-corrected chi connectivity index (χ3v) is 1.87. The second kappa shape index (κ2) is 5.56. The Morgan fingerprint density at radius 3 is 2.38 bits per heavy atom. The molecule has 0 bridgehead atoms. The number of hydroxylamine groups is 2. The van der Waals surface area contributed by atoms with Gasteiger partial charge < -0.3 is 0 Å². The van der Waals surface area contributed by atoms with Gasteiger partial charge in [-0.3, -0.25) is 0 Å². The molecular weight excluding hydrogens is 161 g/mol. The van der Waals surface area contributed by atoms with E-state index in [1.807, 2.05) is 12.1 Å². The molecule has 0 aromatic carbocycles. The molecule has 0 radical (unpaired) electrons. The molecule has 0 rings (SSSR count). The van der Waals surface area contributed by atoms with Crippen molar-refractivity contribution in [2.45, 2.75) is 33.5 Å². The Bertz CT molecular complexity index is 166. The van der Waals surface area contributed by atoms with Crippen LogP contribution in [-0.2, 0) is 4.84 Å². The number of hydrogen-bond acceptors (Lipinski definition) is 2. The van der Waals surface area contributed by atoms with Crippen LogP contribution in [0.5, 0.6) is 0 Å². The van der Waals surface area contributed by atoms with Gasteiger partial charge in [0.25, 0.3) is 0 Å². The first-order chi connectivity index (χ1) is 5.87. The molecule has 0 N–H and O–H groups in total. The summed E-state index contributed by atoms with van der Waals surface area (Å²) in [6.07, 6.45) is 0. The summed E-state index contributed by atoms with van der Waals surface area (Å²) in [5.41, 5.74) is 0.176. The summed E-state index contributed by atoms with van der Waals surface area (Å²) < 4.78 is 0. The predicted octanol–water partition coefficient (Wildman–Crippen LogP) is 1.84. The van der Waals surface area contributed by atoms with E-state index in [9.17, 15) is 0 Å². The van der Waals surface area contributed by atoms with E-state index in [1.54, 1.807) is 7.11 Å². The maximum absolute atomic E-state index is 5.09. The van der Waals surface area contributed by atoms with Crippen LogP contribution in [0.15, 0.2) is 0 Å². The first-order valence-corrected chi connectivity index (χ1v) is 4.82. The Morgan fingerprint density at radius 2 is 2.00 bits per heavy atom. The third kappa shape index (κ3) is 6.97. The summed E-state index contributed by atoms with van der Waals surface area (Å²) in [7, 11) is 3.65. The molecule has 0 aliphatic carbocycles. The van der Waals surface area contributed by atoms with Gasteiger partial charge in [-0.1, -0.05) is 0 Å². The van der Waals surface area contributed by atoms with Crippen LogP contribution < -0.4 is 0 Å². The summed E-state index contributed by atoms with van der Waals surface area (Å²) in [6.45, 7) is 11.9. The van der Waals surface area contributed by atoms with E-state index in [0.29, 0.717) is 5.82 Å². The van der Waals surface area contributed by atoms with Crippen molar-refractivity contribution in [1.82, 2.24) is 5.06 Å². The molecule has 3 heteroatoms. The van der Waals surface area contributed by atoms with E-state index in [4.69, 9.17) is 4.84 Å². The topological polar surface area (TPSA) is 12.5 Å². The van der Waals surface area contributed by atoms with Crippen molar-refractivity contribution in [1.29, 1.82) is 0 Å². The van der Waals surface area contributed by atoms with Gasteiger partial charge in [0.05, 0.1) is 0 Å². The molecule has 0 aliphatic heterocycles. The zero-order valence-electron chi connectivity index (χ0n) is 9.79. The van der Waals surface area contributed by atoms with Crippen LogP contribution in [0, 0.1) is 5.41 Å². The SMILES string of the molecule is CON(C)CC(C)(C)C=BC(C)C. The van der Waals surface area contributed by atoms with Gasteiger partial charge in [-0.15, -0.1) is 0 Å². The second-order valence-corrected chi connectivity index (χ2v) is 4.56. The fraction of sp³-hybridized carbons (Fsp3) is 0.900. The summed E-state index contributed by atoms with van der Waals surface area (Å²) >= 11 is 0. The van der Waals surface area contributed by atoms with Crippen LogP contribution in [0.25, 0.3) is 0 Å². The fourth-order valence-corrected chi connectivity index (χ4v) is 1.14. The Hall–Kier alpha value is -0.145. The number of nitrogens with zero attached hydrogens (tertiary/aromatic N) is 1. The normalized spacial score (nSPS) is 12.9. The summed E-state index contributed by atoms with van der Waals surface area (Å²) in [6, 6.07) is 0. The van der Waals surface area contributed by atoms with E-state index < -0.39 is 0 Å². The average molecular weight is 183 g/mol. The molecule has 13 heavy (non-hydrogen) atoms. The van der Waals surface area contributed by atoms with Crippen LogP contribution in [0.4, 0.5) is 0 Å². The van der Waals surface area contributed by atoms with Crippen LogP contribution in [0.1, 0.15) is 27.7 Å². The predicted molar refractivity (Wildman–Crippen MR) is 60.3 cm³/mol. The van der Waals surface area contributed by atoms with Crippen molar-refractivity contribution in [3.05, 3.63) is 0 Å². The molecule has 0 aromatic rings. The van der Waals surface area contributed by atoms with Crippen LogP contribution >= 0.6 is 0 Å². The van der Waals surface area contributed by atoms with E-state index >= 15 is 0 Å². The zero-order valence-corrected chi connectivity index (χ0v) is 9.79. The quantitative estimate of drug-likeness (QED) is 0.476. The standard InChI is InChI=1S/C10H22BNO/c1-9(2)11-7-10(3,4)8-12(5)13-6/h7,9H,8H2,1-6H3. The van der Waals surface area contributed by atoms with E-state index in [-0.39, 0.29) is 5.41 Å². The fourth-order valence-electron chi connectivity index (χ4n) is 1.14. The minimum absolute atomic E-state index is 0.176. The molecule has 0 atom stereocenters. The van der Waals surface area contributed by atoms with Gasteiger partial charge in [-0.25, -0.2) is 0 Å². The molecule has 0 fully saturated rings. The van der Waals surface area contributed by atoms with Crippen LogP contribution in [0.3, 0.4) is 0 Å². The molecule has 0 saturated carbocycles. The summed E-state index contributed by atoms with van der Waals surface area (Å²) in [4.78, 5) is 5.09. The Labute approximate surface area is 83.1 Å². The monoisotopic (exact) mass is 183 g/mol. The second-order valence-electron chi connectivity index (χ2n) is 4.56. The molecule has 0 spiro atoms. The molecule has 2 nitrogen and oxygen atoms in total.